The first-order chi connectivity index (χ1) is 9.29. The number of carbonyl (C=O) groups is 3. The van der Waals surface area contributed by atoms with E-state index in [-0.39, 0.29) is 24.0 Å². The van der Waals surface area contributed by atoms with Crippen molar-refractivity contribution in [1.29, 1.82) is 0 Å². The van der Waals surface area contributed by atoms with Crippen LogP contribution in [0.1, 0.15) is 33.6 Å². The molecule has 0 saturated carbocycles. The highest BCUT2D eigenvalue weighted by Crippen LogP contribution is 2.23. The highest BCUT2D eigenvalue weighted by Gasteiger charge is 2.30. The predicted octanol–water partition coefficient (Wildman–Crippen LogP) is 1.38. The van der Waals surface area contributed by atoms with Crippen LogP contribution < -0.4 is 0 Å². The molecular formula is C14H20O6. The molecule has 0 aliphatic carbocycles. The molecule has 1 saturated heterocycles. The van der Waals surface area contributed by atoms with Crippen LogP contribution in [0.5, 0.6) is 0 Å². The summed E-state index contributed by atoms with van der Waals surface area (Å²) in [6, 6.07) is 0. The van der Waals surface area contributed by atoms with Crippen molar-refractivity contribution in [3.8, 4) is 0 Å². The second-order valence-electron chi connectivity index (χ2n) is 5.08. The van der Waals surface area contributed by atoms with Gasteiger partial charge in [0, 0.05) is 5.57 Å². The molecule has 0 aromatic heterocycles. The first-order valence-corrected chi connectivity index (χ1v) is 6.51. The van der Waals surface area contributed by atoms with E-state index in [9.17, 15) is 14.4 Å². The van der Waals surface area contributed by atoms with E-state index in [0.29, 0.717) is 6.42 Å². The van der Waals surface area contributed by atoms with Gasteiger partial charge in [-0.3, -0.25) is 4.79 Å². The van der Waals surface area contributed by atoms with Crippen molar-refractivity contribution in [3.63, 3.8) is 0 Å². The number of cyclic esters (lactones) is 1. The summed E-state index contributed by atoms with van der Waals surface area (Å²) in [6.07, 6.45) is -0.187. The largest absolute Gasteiger partial charge is 0.462 e. The summed E-state index contributed by atoms with van der Waals surface area (Å²) in [5.74, 6) is -1.63. The highest BCUT2D eigenvalue weighted by molar-refractivity contribution is 5.88. The fourth-order valence-electron chi connectivity index (χ4n) is 1.80. The molecule has 0 N–H and O–H groups in total. The van der Waals surface area contributed by atoms with Crippen molar-refractivity contribution < 1.29 is 28.6 Å². The molecule has 20 heavy (non-hydrogen) atoms. The average Bonchev–Trinajstić information content (AvgIpc) is 2.45. The first-order valence-electron chi connectivity index (χ1n) is 6.51. The summed E-state index contributed by atoms with van der Waals surface area (Å²) >= 11 is 0. The topological polar surface area (TPSA) is 78.9 Å². The number of hydrogen-bond acceptors (Lipinski definition) is 6. The molecule has 0 aromatic carbocycles. The third-order valence-corrected chi connectivity index (χ3v) is 3.12. The van der Waals surface area contributed by atoms with Gasteiger partial charge in [0.25, 0.3) is 0 Å². The Kier molecular flexibility index (Phi) is 5.73. The lowest BCUT2D eigenvalue weighted by Crippen LogP contribution is -2.25. The number of ether oxygens (including phenoxy) is 3. The van der Waals surface area contributed by atoms with Gasteiger partial charge in [-0.25, -0.2) is 9.59 Å². The number of rotatable bonds is 4. The summed E-state index contributed by atoms with van der Waals surface area (Å²) in [7, 11) is 0. The average molecular weight is 284 g/mol. The van der Waals surface area contributed by atoms with Crippen LogP contribution >= 0.6 is 0 Å². The summed E-state index contributed by atoms with van der Waals surface area (Å²) in [4.78, 5) is 34.2. The van der Waals surface area contributed by atoms with Gasteiger partial charge in [-0.2, -0.15) is 0 Å². The lowest BCUT2D eigenvalue weighted by Gasteiger charge is -2.18. The van der Waals surface area contributed by atoms with Gasteiger partial charge in [0.2, 0.25) is 0 Å². The van der Waals surface area contributed by atoms with E-state index in [4.69, 9.17) is 9.47 Å². The van der Waals surface area contributed by atoms with Gasteiger partial charge in [0.1, 0.15) is 12.2 Å². The Morgan fingerprint density at radius 3 is 2.65 bits per heavy atom. The molecule has 1 aliphatic rings. The Balaban J connectivity index is 2.46. The van der Waals surface area contributed by atoms with Crippen LogP contribution in [0.15, 0.2) is 12.2 Å². The van der Waals surface area contributed by atoms with Gasteiger partial charge < -0.3 is 14.2 Å². The molecule has 1 aliphatic heterocycles. The Bertz CT molecular complexity index is 414. The minimum absolute atomic E-state index is 0.0227. The van der Waals surface area contributed by atoms with Crippen LogP contribution in [-0.2, 0) is 28.6 Å². The van der Waals surface area contributed by atoms with Crippen LogP contribution in [0.2, 0.25) is 0 Å². The van der Waals surface area contributed by atoms with Crippen molar-refractivity contribution in [2.75, 3.05) is 6.61 Å². The summed E-state index contributed by atoms with van der Waals surface area (Å²) in [5.41, 5.74) is 0.207. The summed E-state index contributed by atoms with van der Waals surface area (Å²) in [6.45, 7) is 8.13. The number of carbonyl (C=O) groups excluding carboxylic acids is 3. The van der Waals surface area contributed by atoms with Crippen LogP contribution in [0, 0.1) is 5.92 Å². The first kappa shape index (κ1) is 16.2. The molecule has 112 valence electrons. The smallest absolute Gasteiger partial charge is 0.344 e. The predicted molar refractivity (Wildman–Crippen MR) is 69.6 cm³/mol. The quantitative estimate of drug-likeness (QED) is 0.441. The van der Waals surface area contributed by atoms with Crippen LogP contribution in [0.25, 0.3) is 0 Å². The Morgan fingerprint density at radius 2 is 2.05 bits per heavy atom. The summed E-state index contributed by atoms with van der Waals surface area (Å²) < 4.78 is 15.0. The maximum absolute atomic E-state index is 11.6. The molecule has 0 bridgehead atoms. The fraction of sp³-hybridized carbons (Fsp3) is 0.643. The Hall–Kier alpha value is -1.85. The molecule has 6 nitrogen and oxygen atoms in total. The Morgan fingerprint density at radius 1 is 1.40 bits per heavy atom. The lowest BCUT2D eigenvalue weighted by molar-refractivity contribution is -0.162. The fourth-order valence-corrected chi connectivity index (χ4v) is 1.80. The number of esters is 3. The monoisotopic (exact) mass is 284 g/mol. The maximum atomic E-state index is 11.6. The van der Waals surface area contributed by atoms with Crippen LogP contribution in [0.3, 0.4) is 0 Å². The van der Waals surface area contributed by atoms with Crippen molar-refractivity contribution in [3.05, 3.63) is 12.2 Å². The lowest BCUT2D eigenvalue weighted by atomic mass is 9.98. The van der Waals surface area contributed by atoms with Crippen molar-refractivity contribution >= 4 is 17.9 Å². The summed E-state index contributed by atoms with van der Waals surface area (Å²) in [5, 5.41) is 0. The second-order valence-corrected chi connectivity index (χ2v) is 5.08. The molecule has 0 radical (unpaired) electrons. The minimum atomic E-state index is -0.681. The van der Waals surface area contributed by atoms with E-state index < -0.39 is 30.6 Å². The highest BCUT2D eigenvalue weighted by atomic mass is 16.6. The van der Waals surface area contributed by atoms with Crippen LogP contribution in [0.4, 0.5) is 0 Å². The maximum Gasteiger partial charge on any atom is 0.344 e. The molecule has 0 aromatic rings. The minimum Gasteiger partial charge on any atom is -0.462 e. The van der Waals surface area contributed by atoms with Crippen molar-refractivity contribution in [1.82, 2.24) is 0 Å². The van der Waals surface area contributed by atoms with E-state index in [1.54, 1.807) is 6.92 Å². The van der Waals surface area contributed by atoms with E-state index in [1.807, 2.05) is 6.92 Å². The standard InChI is InChI=1S/C14H20O6/c1-8(2)14(17)18-7-13(16)20-11-5-9(3)10(4)19-12(15)6-11/h9-11H,1,5-7H2,2-4H3. The zero-order valence-electron chi connectivity index (χ0n) is 12.0. The molecule has 1 rings (SSSR count). The molecule has 6 heteroatoms. The number of hydrogen-bond donors (Lipinski definition) is 0. The molecule has 3 atom stereocenters. The SMILES string of the molecule is C=C(C)C(=O)OCC(=O)OC1CC(=O)OC(C)C(C)C1. The van der Waals surface area contributed by atoms with Crippen LogP contribution in [-0.4, -0.2) is 36.7 Å². The van der Waals surface area contributed by atoms with Gasteiger partial charge in [0.15, 0.2) is 6.61 Å². The molecule has 0 spiro atoms. The van der Waals surface area contributed by atoms with E-state index in [1.165, 1.54) is 6.92 Å². The second kappa shape index (κ2) is 7.07. The zero-order valence-corrected chi connectivity index (χ0v) is 12.0. The molecule has 1 heterocycles. The molecule has 3 unspecified atom stereocenters. The van der Waals surface area contributed by atoms with E-state index >= 15 is 0 Å². The van der Waals surface area contributed by atoms with Gasteiger partial charge in [-0.15, -0.1) is 0 Å². The van der Waals surface area contributed by atoms with Crippen molar-refractivity contribution in [2.45, 2.75) is 45.8 Å². The third-order valence-electron chi connectivity index (χ3n) is 3.12. The van der Waals surface area contributed by atoms with Gasteiger partial charge >= 0.3 is 17.9 Å². The third kappa shape index (κ3) is 5.03. The van der Waals surface area contributed by atoms with Gasteiger partial charge in [-0.1, -0.05) is 13.5 Å². The van der Waals surface area contributed by atoms with Crippen molar-refractivity contribution in [2.24, 2.45) is 5.92 Å². The Labute approximate surface area is 118 Å². The van der Waals surface area contributed by atoms with E-state index in [0.717, 1.165) is 0 Å². The normalized spacial score (nSPS) is 26.1. The molecule has 1 fully saturated rings. The zero-order chi connectivity index (χ0) is 15.3. The molecular weight excluding hydrogens is 264 g/mol. The van der Waals surface area contributed by atoms with E-state index in [2.05, 4.69) is 11.3 Å². The van der Waals surface area contributed by atoms with Gasteiger partial charge in [0.05, 0.1) is 6.42 Å². The van der Waals surface area contributed by atoms with Gasteiger partial charge in [-0.05, 0) is 26.2 Å². The molecule has 0 amide bonds.